The third kappa shape index (κ3) is 6.91. The Labute approximate surface area is 211 Å². The van der Waals surface area contributed by atoms with Crippen molar-refractivity contribution in [2.75, 3.05) is 42.9 Å². The van der Waals surface area contributed by atoms with Crippen LogP contribution in [0.3, 0.4) is 0 Å². The van der Waals surface area contributed by atoms with Crippen LogP contribution in [0, 0.1) is 0 Å². The zero-order valence-corrected chi connectivity index (χ0v) is 22.0. The first-order valence-electron chi connectivity index (χ1n) is 11.5. The van der Waals surface area contributed by atoms with Crippen molar-refractivity contribution in [3.63, 3.8) is 0 Å². The Morgan fingerprint density at radius 3 is 1.74 bits per heavy atom. The Morgan fingerprint density at radius 2 is 1.34 bits per heavy atom. The maximum absolute atomic E-state index is 13.6. The van der Waals surface area contributed by atoms with Crippen molar-refractivity contribution in [3.8, 4) is 11.5 Å². The molecule has 0 bridgehead atoms. The molecule has 0 heterocycles. The number of rotatable bonds is 12. The van der Waals surface area contributed by atoms with Crippen molar-refractivity contribution in [2.24, 2.45) is 0 Å². The van der Waals surface area contributed by atoms with E-state index in [9.17, 15) is 14.4 Å². The van der Waals surface area contributed by atoms with Crippen LogP contribution in [0.1, 0.15) is 27.7 Å². The lowest BCUT2D eigenvalue weighted by molar-refractivity contribution is -0.147. The number of amides is 1. The van der Waals surface area contributed by atoms with Crippen molar-refractivity contribution >= 4 is 40.1 Å². The molecule has 0 saturated carbocycles. The number of nitrogens with zero attached hydrogens (tertiary/aromatic N) is 2. The van der Waals surface area contributed by atoms with E-state index in [1.165, 1.54) is 11.8 Å². The number of hydrogen-bond acceptors (Lipinski definition) is 8. The predicted octanol–water partition coefficient (Wildman–Crippen LogP) is 4.16. The maximum atomic E-state index is 13.6. The minimum Gasteiger partial charge on any atom is -0.497 e. The number of likely N-dealkylation sites (N-methyl/N-ethyl adjacent to an activating group) is 1. The summed E-state index contributed by atoms with van der Waals surface area (Å²) in [7, 11) is 3.12. The van der Waals surface area contributed by atoms with Crippen LogP contribution in [-0.4, -0.2) is 62.2 Å². The van der Waals surface area contributed by atoms with Gasteiger partial charge in [-0.3, -0.25) is 14.5 Å². The standard InChI is InChI=1S/C26H34N2O6S/c1-7-27(19-10-14-21(32-5)15-11-19)24(26(31)35-9-3)23(25(30)34-8-2)28(18(4)29)20-12-16-22(33-6)17-13-20/h10-17,23-24H,7-9H2,1-6H3. The van der Waals surface area contributed by atoms with Crippen LogP contribution in [0.2, 0.25) is 0 Å². The SMILES string of the molecule is CCOC(=O)C(C(C(=O)SCC)N(CC)c1ccc(OC)cc1)N(C(C)=O)c1ccc(OC)cc1. The van der Waals surface area contributed by atoms with Crippen molar-refractivity contribution in [3.05, 3.63) is 48.5 Å². The van der Waals surface area contributed by atoms with Gasteiger partial charge < -0.3 is 19.1 Å². The molecule has 0 fully saturated rings. The number of methoxy groups -OCH3 is 2. The summed E-state index contributed by atoms with van der Waals surface area (Å²) < 4.78 is 15.9. The van der Waals surface area contributed by atoms with Gasteiger partial charge in [-0.15, -0.1) is 0 Å². The number of hydrogen-bond donors (Lipinski definition) is 0. The van der Waals surface area contributed by atoms with E-state index in [-0.39, 0.29) is 11.7 Å². The lowest BCUT2D eigenvalue weighted by Gasteiger charge is -2.40. The van der Waals surface area contributed by atoms with Crippen LogP contribution in [-0.2, 0) is 19.1 Å². The second kappa shape index (κ2) is 13.6. The van der Waals surface area contributed by atoms with Crippen LogP contribution in [0.5, 0.6) is 11.5 Å². The van der Waals surface area contributed by atoms with Gasteiger partial charge in [-0.2, -0.15) is 0 Å². The quantitative estimate of drug-likeness (QED) is 0.400. The first-order chi connectivity index (χ1) is 16.8. The molecule has 0 aliphatic carbocycles. The van der Waals surface area contributed by atoms with Gasteiger partial charge in [0.2, 0.25) is 11.0 Å². The highest BCUT2D eigenvalue weighted by Crippen LogP contribution is 2.30. The molecule has 0 aliphatic rings. The van der Waals surface area contributed by atoms with Gasteiger partial charge in [0.15, 0.2) is 6.04 Å². The normalized spacial score (nSPS) is 12.3. The molecular weight excluding hydrogens is 468 g/mol. The van der Waals surface area contributed by atoms with Crippen LogP contribution >= 0.6 is 11.8 Å². The number of ether oxygens (including phenoxy) is 3. The molecule has 0 aliphatic heterocycles. The highest BCUT2D eigenvalue weighted by atomic mass is 32.2. The van der Waals surface area contributed by atoms with Crippen LogP contribution in [0.4, 0.5) is 11.4 Å². The van der Waals surface area contributed by atoms with E-state index < -0.39 is 24.0 Å². The number of esters is 1. The third-order valence-corrected chi connectivity index (χ3v) is 6.22. The predicted molar refractivity (Wildman–Crippen MR) is 140 cm³/mol. The summed E-state index contributed by atoms with van der Waals surface area (Å²) in [6.07, 6.45) is 0. The molecule has 35 heavy (non-hydrogen) atoms. The highest BCUT2D eigenvalue weighted by Gasteiger charge is 2.44. The molecule has 2 rings (SSSR count). The topological polar surface area (TPSA) is 85.4 Å². The second-order valence-electron chi connectivity index (χ2n) is 7.46. The van der Waals surface area contributed by atoms with E-state index in [0.717, 1.165) is 17.4 Å². The van der Waals surface area contributed by atoms with Gasteiger partial charge in [-0.1, -0.05) is 18.7 Å². The molecule has 8 nitrogen and oxygen atoms in total. The van der Waals surface area contributed by atoms with E-state index in [1.54, 1.807) is 57.5 Å². The van der Waals surface area contributed by atoms with E-state index in [2.05, 4.69) is 0 Å². The Balaban J connectivity index is 2.71. The summed E-state index contributed by atoms with van der Waals surface area (Å²) in [6.45, 7) is 7.36. The zero-order valence-electron chi connectivity index (χ0n) is 21.1. The fraction of sp³-hybridized carbons (Fsp3) is 0.423. The largest absolute Gasteiger partial charge is 0.497 e. The van der Waals surface area contributed by atoms with Crippen LogP contribution in [0.25, 0.3) is 0 Å². The number of thioether (sulfide) groups is 1. The Hall–Kier alpha value is -3.20. The summed E-state index contributed by atoms with van der Waals surface area (Å²) >= 11 is 1.11. The molecule has 190 valence electrons. The van der Waals surface area contributed by atoms with Crippen LogP contribution in [0.15, 0.2) is 48.5 Å². The van der Waals surface area contributed by atoms with Gasteiger partial charge in [-0.05, 0) is 68.1 Å². The Kier molecular flexibility index (Phi) is 10.9. The first-order valence-corrected chi connectivity index (χ1v) is 12.5. The lowest BCUT2D eigenvalue weighted by Crippen LogP contribution is -2.60. The van der Waals surface area contributed by atoms with Gasteiger partial charge in [0.05, 0.1) is 20.8 Å². The molecule has 0 aromatic heterocycles. The van der Waals surface area contributed by atoms with Gasteiger partial charge in [0, 0.05) is 24.8 Å². The fourth-order valence-corrected chi connectivity index (χ4v) is 4.56. The van der Waals surface area contributed by atoms with Crippen molar-refractivity contribution in [2.45, 2.75) is 39.8 Å². The minimum atomic E-state index is -1.21. The molecule has 2 aromatic rings. The average Bonchev–Trinajstić information content (AvgIpc) is 2.86. The summed E-state index contributed by atoms with van der Waals surface area (Å²) in [5.74, 6) is 0.751. The van der Waals surface area contributed by atoms with E-state index in [4.69, 9.17) is 14.2 Å². The smallest absolute Gasteiger partial charge is 0.331 e. The van der Waals surface area contributed by atoms with Crippen molar-refractivity contribution < 1.29 is 28.6 Å². The molecule has 2 aromatic carbocycles. The van der Waals surface area contributed by atoms with Crippen molar-refractivity contribution in [1.29, 1.82) is 0 Å². The summed E-state index contributed by atoms with van der Waals surface area (Å²) in [4.78, 5) is 43.2. The molecular formula is C26H34N2O6S. The number of carbonyl (C=O) groups is 3. The van der Waals surface area contributed by atoms with Gasteiger partial charge >= 0.3 is 5.97 Å². The summed E-state index contributed by atoms with van der Waals surface area (Å²) in [5, 5.41) is -0.233. The van der Waals surface area contributed by atoms with Crippen molar-refractivity contribution in [1.82, 2.24) is 0 Å². The zero-order chi connectivity index (χ0) is 26.0. The maximum Gasteiger partial charge on any atom is 0.331 e. The fourth-order valence-electron chi connectivity index (χ4n) is 3.85. The minimum absolute atomic E-state index is 0.111. The average molecular weight is 503 g/mol. The Bertz CT molecular complexity index is 980. The van der Waals surface area contributed by atoms with Gasteiger partial charge in [0.25, 0.3) is 0 Å². The van der Waals surface area contributed by atoms with Crippen LogP contribution < -0.4 is 19.3 Å². The molecule has 2 atom stereocenters. The van der Waals surface area contributed by atoms with E-state index in [1.807, 2.05) is 30.9 Å². The number of anilines is 2. The molecule has 0 radical (unpaired) electrons. The highest BCUT2D eigenvalue weighted by molar-refractivity contribution is 8.13. The second-order valence-corrected chi connectivity index (χ2v) is 8.73. The number of benzene rings is 2. The first kappa shape index (κ1) is 28.0. The third-order valence-electron chi connectivity index (χ3n) is 5.40. The van der Waals surface area contributed by atoms with E-state index >= 15 is 0 Å². The summed E-state index contributed by atoms with van der Waals surface area (Å²) in [5.41, 5.74) is 1.18. The molecule has 9 heteroatoms. The Morgan fingerprint density at radius 1 is 0.829 bits per heavy atom. The number of carbonyl (C=O) groups excluding carboxylic acids is 3. The molecule has 0 N–H and O–H groups in total. The molecule has 1 amide bonds. The molecule has 0 saturated heterocycles. The van der Waals surface area contributed by atoms with Gasteiger partial charge in [0.1, 0.15) is 17.5 Å². The molecule has 0 spiro atoms. The lowest BCUT2D eigenvalue weighted by atomic mass is 10.0. The van der Waals surface area contributed by atoms with Gasteiger partial charge in [-0.25, -0.2) is 4.79 Å². The monoisotopic (exact) mass is 502 g/mol. The van der Waals surface area contributed by atoms with E-state index in [0.29, 0.717) is 29.5 Å². The molecule has 2 unspecified atom stereocenters. The summed E-state index contributed by atoms with van der Waals surface area (Å²) in [6, 6.07) is 11.8.